The van der Waals surface area contributed by atoms with Crippen LogP contribution in [0.15, 0.2) is 6.07 Å². The molecule has 0 radical (unpaired) electrons. The summed E-state index contributed by atoms with van der Waals surface area (Å²) >= 11 is 0. The highest BCUT2D eigenvalue weighted by Gasteiger charge is 2.28. The fraction of sp³-hybridized carbons (Fsp3) is 0.714. The van der Waals surface area contributed by atoms with E-state index in [1.165, 1.54) is 0 Å². The number of primary sulfonamides is 1. The molecule has 0 aromatic carbocycles. The Hall–Kier alpha value is -1.41. The molecule has 0 aliphatic carbocycles. The average molecular weight is 328 g/mol. The van der Waals surface area contributed by atoms with E-state index in [4.69, 9.17) is 5.14 Å². The van der Waals surface area contributed by atoms with E-state index >= 15 is 0 Å². The van der Waals surface area contributed by atoms with Crippen LogP contribution in [0.1, 0.15) is 42.9 Å². The molecule has 8 heteroatoms. The summed E-state index contributed by atoms with van der Waals surface area (Å²) in [5, 5.41) is 12.1. The Labute approximate surface area is 131 Å². The molecule has 124 valence electrons. The topological polar surface area (TPSA) is 109 Å². The Bertz CT molecular complexity index is 624. The van der Waals surface area contributed by atoms with E-state index in [1.54, 1.807) is 11.0 Å². The average Bonchev–Trinajstić information content (AvgIpc) is 2.83. The SMILES string of the molecule is CC(C)Cc1cc(C(=O)N2CCC[C@H](CS(N)(=O)=O)C2)n[nH]1. The van der Waals surface area contributed by atoms with E-state index in [0.717, 1.165) is 25.0 Å². The number of piperidine rings is 1. The van der Waals surface area contributed by atoms with Crippen LogP contribution in [0.2, 0.25) is 0 Å². The van der Waals surface area contributed by atoms with Crippen LogP contribution in [0.25, 0.3) is 0 Å². The van der Waals surface area contributed by atoms with Crippen LogP contribution in [0.5, 0.6) is 0 Å². The van der Waals surface area contributed by atoms with Crippen molar-refractivity contribution in [2.75, 3.05) is 18.8 Å². The van der Waals surface area contributed by atoms with E-state index in [2.05, 4.69) is 24.0 Å². The summed E-state index contributed by atoms with van der Waals surface area (Å²) in [5.41, 5.74) is 1.34. The van der Waals surface area contributed by atoms with E-state index in [1.807, 2.05) is 0 Å². The normalized spacial score (nSPS) is 19.6. The zero-order valence-electron chi connectivity index (χ0n) is 13.1. The minimum absolute atomic E-state index is 0.0735. The van der Waals surface area contributed by atoms with Crippen LogP contribution >= 0.6 is 0 Å². The maximum atomic E-state index is 12.5. The minimum Gasteiger partial charge on any atom is -0.337 e. The van der Waals surface area contributed by atoms with Gasteiger partial charge in [0.25, 0.3) is 5.91 Å². The number of carbonyl (C=O) groups is 1. The number of sulfonamides is 1. The van der Waals surface area contributed by atoms with Gasteiger partial charge < -0.3 is 4.90 Å². The largest absolute Gasteiger partial charge is 0.337 e. The van der Waals surface area contributed by atoms with Gasteiger partial charge in [-0.1, -0.05) is 13.8 Å². The summed E-state index contributed by atoms with van der Waals surface area (Å²) in [5.74, 6) is 0.167. The lowest BCUT2D eigenvalue weighted by molar-refractivity contribution is 0.0678. The Balaban J connectivity index is 2.01. The van der Waals surface area contributed by atoms with Crippen LogP contribution in [0, 0.1) is 11.8 Å². The van der Waals surface area contributed by atoms with Crippen molar-refractivity contribution in [3.05, 3.63) is 17.5 Å². The molecule has 2 rings (SSSR count). The number of H-pyrrole nitrogens is 1. The van der Waals surface area contributed by atoms with Gasteiger partial charge in [0.2, 0.25) is 10.0 Å². The van der Waals surface area contributed by atoms with Crippen molar-refractivity contribution in [1.29, 1.82) is 0 Å². The number of rotatable bonds is 5. The molecule has 1 atom stereocenters. The van der Waals surface area contributed by atoms with Crippen molar-refractivity contribution in [2.45, 2.75) is 33.1 Å². The van der Waals surface area contributed by atoms with Gasteiger partial charge >= 0.3 is 0 Å². The monoisotopic (exact) mass is 328 g/mol. The summed E-state index contributed by atoms with van der Waals surface area (Å²) in [6, 6.07) is 1.78. The van der Waals surface area contributed by atoms with Crippen LogP contribution in [-0.2, 0) is 16.4 Å². The number of carbonyl (C=O) groups excluding carboxylic acids is 1. The number of likely N-dealkylation sites (tertiary alicyclic amines) is 1. The van der Waals surface area contributed by atoms with Gasteiger partial charge in [0.05, 0.1) is 5.75 Å². The fourth-order valence-electron chi connectivity index (χ4n) is 2.89. The van der Waals surface area contributed by atoms with Crippen molar-refractivity contribution >= 4 is 15.9 Å². The van der Waals surface area contributed by atoms with Gasteiger partial charge in [-0.05, 0) is 37.2 Å². The summed E-state index contributed by atoms with van der Waals surface area (Å²) in [6.07, 6.45) is 2.41. The summed E-state index contributed by atoms with van der Waals surface area (Å²) in [4.78, 5) is 14.1. The summed E-state index contributed by atoms with van der Waals surface area (Å²) in [6.45, 7) is 5.25. The fourth-order valence-corrected chi connectivity index (χ4v) is 3.82. The maximum absolute atomic E-state index is 12.5. The molecule has 1 aromatic heterocycles. The molecule has 0 spiro atoms. The number of nitrogens with one attached hydrogen (secondary N) is 1. The molecule has 1 fully saturated rings. The molecule has 0 bridgehead atoms. The lowest BCUT2D eigenvalue weighted by Crippen LogP contribution is -2.42. The van der Waals surface area contributed by atoms with E-state index in [9.17, 15) is 13.2 Å². The first kappa shape index (κ1) is 17.0. The molecule has 1 aromatic rings. The lowest BCUT2D eigenvalue weighted by atomic mass is 10.00. The van der Waals surface area contributed by atoms with Gasteiger partial charge in [0.1, 0.15) is 5.69 Å². The van der Waals surface area contributed by atoms with Crippen molar-refractivity contribution in [3.63, 3.8) is 0 Å². The number of aromatic nitrogens is 2. The first-order valence-corrected chi connectivity index (χ1v) is 9.30. The Morgan fingerprint density at radius 3 is 2.91 bits per heavy atom. The van der Waals surface area contributed by atoms with Crippen molar-refractivity contribution in [1.82, 2.24) is 15.1 Å². The lowest BCUT2D eigenvalue weighted by Gasteiger charge is -2.31. The summed E-state index contributed by atoms with van der Waals surface area (Å²) < 4.78 is 22.4. The quantitative estimate of drug-likeness (QED) is 0.831. The van der Waals surface area contributed by atoms with Crippen molar-refractivity contribution < 1.29 is 13.2 Å². The molecule has 1 aliphatic heterocycles. The molecule has 0 saturated carbocycles. The second-order valence-corrected chi connectivity index (χ2v) is 8.12. The Morgan fingerprint density at radius 2 is 2.27 bits per heavy atom. The van der Waals surface area contributed by atoms with Gasteiger partial charge in [-0.15, -0.1) is 0 Å². The molecule has 22 heavy (non-hydrogen) atoms. The Morgan fingerprint density at radius 1 is 1.55 bits per heavy atom. The smallest absolute Gasteiger partial charge is 0.274 e. The molecule has 0 unspecified atom stereocenters. The summed E-state index contributed by atoms with van der Waals surface area (Å²) in [7, 11) is -3.51. The standard InChI is InChI=1S/C14H24N4O3S/c1-10(2)6-12-7-13(17-16-12)14(19)18-5-3-4-11(8-18)9-22(15,20)21/h7,10-11H,3-6,8-9H2,1-2H3,(H,16,17)(H2,15,20,21)/t11-/m0/s1. The second kappa shape index (κ2) is 6.78. The number of aromatic amines is 1. The predicted molar refractivity (Wildman–Crippen MR) is 83.7 cm³/mol. The van der Waals surface area contributed by atoms with Crippen LogP contribution < -0.4 is 5.14 Å². The van der Waals surface area contributed by atoms with Gasteiger partial charge in [-0.2, -0.15) is 5.10 Å². The molecule has 7 nitrogen and oxygen atoms in total. The third-order valence-corrected chi connectivity index (χ3v) is 4.69. The van der Waals surface area contributed by atoms with Crippen molar-refractivity contribution in [2.24, 2.45) is 17.0 Å². The van der Waals surface area contributed by atoms with Gasteiger partial charge in [0.15, 0.2) is 0 Å². The number of hydrogen-bond acceptors (Lipinski definition) is 4. The predicted octanol–water partition coefficient (Wildman–Crippen LogP) is 0.749. The third-order valence-electron chi connectivity index (χ3n) is 3.75. The van der Waals surface area contributed by atoms with E-state index < -0.39 is 10.0 Å². The molecule has 1 saturated heterocycles. The zero-order chi connectivity index (χ0) is 16.3. The number of nitrogens with two attached hydrogens (primary N) is 1. The second-order valence-electron chi connectivity index (χ2n) is 6.47. The number of amides is 1. The molecule has 2 heterocycles. The maximum Gasteiger partial charge on any atom is 0.274 e. The highest BCUT2D eigenvalue weighted by Crippen LogP contribution is 2.19. The van der Waals surface area contributed by atoms with E-state index in [0.29, 0.717) is 24.7 Å². The first-order chi connectivity index (χ1) is 10.2. The molecule has 1 amide bonds. The number of nitrogens with zero attached hydrogens (tertiary/aromatic N) is 2. The molecule has 3 N–H and O–H groups in total. The van der Waals surface area contributed by atoms with Crippen molar-refractivity contribution in [3.8, 4) is 0 Å². The Kier molecular flexibility index (Phi) is 5.23. The minimum atomic E-state index is -3.51. The van der Waals surface area contributed by atoms with Crippen LogP contribution in [0.3, 0.4) is 0 Å². The first-order valence-electron chi connectivity index (χ1n) is 7.58. The number of hydrogen-bond donors (Lipinski definition) is 2. The third kappa shape index (κ3) is 4.81. The molecule has 1 aliphatic rings. The zero-order valence-corrected chi connectivity index (χ0v) is 13.9. The molecular formula is C14H24N4O3S. The van der Waals surface area contributed by atoms with Gasteiger partial charge in [-0.3, -0.25) is 9.89 Å². The van der Waals surface area contributed by atoms with E-state index in [-0.39, 0.29) is 17.6 Å². The highest BCUT2D eigenvalue weighted by atomic mass is 32.2. The highest BCUT2D eigenvalue weighted by molar-refractivity contribution is 7.89. The van der Waals surface area contributed by atoms with Crippen LogP contribution in [-0.4, -0.2) is 48.3 Å². The van der Waals surface area contributed by atoms with Gasteiger partial charge in [-0.25, -0.2) is 13.6 Å². The molecular weight excluding hydrogens is 304 g/mol. The van der Waals surface area contributed by atoms with Gasteiger partial charge in [0, 0.05) is 18.8 Å². The van der Waals surface area contributed by atoms with Crippen LogP contribution in [0.4, 0.5) is 0 Å².